The Balaban J connectivity index is 2.05. The molecule has 1 heteroatoms. The van der Waals surface area contributed by atoms with Gasteiger partial charge in [-0.3, -0.25) is 0 Å². The predicted octanol–water partition coefficient (Wildman–Crippen LogP) is 4.92. The van der Waals surface area contributed by atoms with Crippen molar-refractivity contribution in [2.75, 3.05) is 0 Å². The highest BCUT2D eigenvalue weighted by molar-refractivity contribution is 5.86. The van der Waals surface area contributed by atoms with E-state index in [1.807, 2.05) is 36.4 Å². The zero-order valence-electron chi connectivity index (χ0n) is 12.3. The Morgan fingerprint density at radius 1 is 0.810 bits per heavy atom. The minimum Gasteiger partial charge on any atom is -0.385 e. The van der Waals surface area contributed by atoms with Crippen LogP contribution in [0.2, 0.25) is 0 Å². The van der Waals surface area contributed by atoms with Crippen LogP contribution in [0.5, 0.6) is 0 Å². The molecule has 0 atom stereocenters. The van der Waals surface area contributed by atoms with E-state index in [4.69, 9.17) is 0 Å². The Labute approximate surface area is 127 Å². The third-order valence-electron chi connectivity index (χ3n) is 4.38. The van der Waals surface area contributed by atoms with Crippen molar-refractivity contribution in [3.63, 3.8) is 0 Å². The van der Waals surface area contributed by atoms with Crippen LogP contribution in [0.15, 0.2) is 60.7 Å². The van der Waals surface area contributed by atoms with E-state index >= 15 is 0 Å². The summed E-state index contributed by atoms with van der Waals surface area (Å²) in [6.07, 6.45) is 7.32. The highest BCUT2D eigenvalue weighted by Crippen LogP contribution is 2.40. The molecule has 1 aliphatic carbocycles. The van der Waals surface area contributed by atoms with Gasteiger partial charge in [0.15, 0.2) is 0 Å². The topological polar surface area (TPSA) is 20.2 Å². The molecule has 1 aliphatic rings. The van der Waals surface area contributed by atoms with Crippen LogP contribution in [-0.2, 0) is 0 Å². The van der Waals surface area contributed by atoms with Gasteiger partial charge in [0.2, 0.25) is 0 Å². The molecule has 2 aromatic rings. The summed E-state index contributed by atoms with van der Waals surface area (Å²) in [5.74, 6) is 0. The van der Waals surface area contributed by atoms with Crippen molar-refractivity contribution < 1.29 is 5.11 Å². The van der Waals surface area contributed by atoms with Crippen molar-refractivity contribution >= 4 is 11.6 Å². The fourth-order valence-electron chi connectivity index (χ4n) is 3.23. The molecule has 0 bridgehead atoms. The lowest BCUT2D eigenvalue weighted by Crippen LogP contribution is -2.32. The van der Waals surface area contributed by atoms with Crippen molar-refractivity contribution in [2.24, 2.45) is 0 Å². The zero-order chi connectivity index (χ0) is 14.5. The maximum Gasteiger partial charge on any atom is 0.0902 e. The fourth-order valence-corrected chi connectivity index (χ4v) is 3.23. The number of benzene rings is 2. The molecule has 0 amide bonds. The van der Waals surface area contributed by atoms with Crippen molar-refractivity contribution in [1.82, 2.24) is 0 Å². The fraction of sp³-hybridized carbons (Fsp3) is 0.300. The molecule has 0 radical (unpaired) electrons. The van der Waals surface area contributed by atoms with Crippen molar-refractivity contribution in [3.05, 3.63) is 71.8 Å². The lowest BCUT2D eigenvalue weighted by Gasteiger charge is -2.35. The molecule has 108 valence electrons. The molecule has 1 N–H and O–H groups in total. The maximum absolute atomic E-state index is 11.2. The molecule has 21 heavy (non-hydrogen) atoms. The van der Waals surface area contributed by atoms with Crippen molar-refractivity contribution in [3.8, 4) is 0 Å². The minimum atomic E-state index is -0.685. The summed E-state index contributed by atoms with van der Waals surface area (Å²) in [4.78, 5) is 0. The van der Waals surface area contributed by atoms with E-state index in [0.717, 1.165) is 42.4 Å². The lowest BCUT2D eigenvalue weighted by atomic mass is 9.76. The summed E-state index contributed by atoms with van der Waals surface area (Å²) in [7, 11) is 0. The van der Waals surface area contributed by atoms with Gasteiger partial charge in [-0.15, -0.1) is 0 Å². The largest absolute Gasteiger partial charge is 0.385 e. The second-order valence-corrected chi connectivity index (χ2v) is 5.93. The molecule has 0 aliphatic heterocycles. The van der Waals surface area contributed by atoms with E-state index in [1.165, 1.54) is 6.42 Å². The van der Waals surface area contributed by atoms with Crippen LogP contribution in [0.4, 0.5) is 0 Å². The first-order valence-electron chi connectivity index (χ1n) is 7.83. The van der Waals surface area contributed by atoms with Crippen LogP contribution in [0.1, 0.15) is 43.2 Å². The Hall–Kier alpha value is -1.86. The minimum absolute atomic E-state index is 0.685. The average Bonchev–Trinajstić information content (AvgIpc) is 2.55. The summed E-state index contributed by atoms with van der Waals surface area (Å²) >= 11 is 0. The standard InChI is InChI=1S/C20H22O/c21-20(14-8-3-9-15-20)19(18-12-6-2-7-13-18)16-17-10-4-1-5-11-17/h1-2,4-7,10-13,16,21H,3,8-9,14-15H2/b19-16+. The Bertz CT molecular complexity index is 592. The van der Waals surface area contributed by atoms with E-state index < -0.39 is 5.60 Å². The molecule has 1 fully saturated rings. The number of rotatable bonds is 3. The highest BCUT2D eigenvalue weighted by Gasteiger charge is 2.33. The second kappa shape index (κ2) is 6.28. The van der Waals surface area contributed by atoms with Gasteiger partial charge in [0, 0.05) is 0 Å². The molecule has 3 rings (SSSR count). The van der Waals surface area contributed by atoms with Crippen LogP contribution >= 0.6 is 0 Å². The molecule has 2 aromatic carbocycles. The maximum atomic E-state index is 11.2. The van der Waals surface area contributed by atoms with Crippen molar-refractivity contribution in [2.45, 2.75) is 37.7 Å². The second-order valence-electron chi connectivity index (χ2n) is 5.93. The summed E-state index contributed by atoms with van der Waals surface area (Å²) < 4.78 is 0. The monoisotopic (exact) mass is 278 g/mol. The molecular formula is C20H22O. The van der Waals surface area contributed by atoms with E-state index in [1.54, 1.807) is 0 Å². The highest BCUT2D eigenvalue weighted by atomic mass is 16.3. The first kappa shape index (κ1) is 14.1. The van der Waals surface area contributed by atoms with Gasteiger partial charge in [0.1, 0.15) is 0 Å². The van der Waals surface area contributed by atoms with Crippen LogP contribution in [0.25, 0.3) is 11.6 Å². The Morgan fingerprint density at radius 3 is 2.00 bits per heavy atom. The summed E-state index contributed by atoms with van der Waals surface area (Å²) in [6, 6.07) is 20.6. The van der Waals surface area contributed by atoms with E-state index in [0.29, 0.717) is 0 Å². The summed E-state index contributed by atoms with van der Waals surface area (Å²) in [5.41, 5.74) is 2.66. The van der Waals surface area contributed by atoms with Gasteiger partial charge in [-0.2, -0.15) is 0 Å². The van der Waals surface area contributed by atoms with Gasteiger partial charge in [0.25, 0.3) is 0 Å². The molecule has 1 nitrogen and oxygen atoms in total. The van der Waals surface area contributed by atoms with Gasteiger partial charge in [-0.25, -0.2) is 0 Å². The molecular weight excluding hydrogens is 256 g/mol. The predicted molar refractivity (Wildman–Crippen MR) is 88.8 cm³/mol. The van der Waals surface area contributed by atoms with Crippen LogP contribution < -0.4 is 0 Å². The van der Waals surface area contributed by atoms with Crippen molar-refractivity contribution in [1.29, 1.82) is 0 Å². The molecule has 0 heterocycles. The normalized spacial score (nSPS) is 18.4. The van der Waals surface area contributed by atoms with Gasteiger partial charge in [-0.1, -0.05) is 79.9 Å². The van der Waals surface area contributed by atoms with E-state index in [-0.39, 0.29) is 0 Å². The molecule has 0 unspecified atom stereocenters. The third kappa shape index (κ3) is 3.25. The zero-order valence-corrected chi connectivity index (χ0v) is 12.3. The van der Waals surface area contributed by atoms with E-state index in [2.05, 4.69) is 30.3 Å². The SMILES string of the molecule is OC1(/C(=C/c2ccccc2)c2ccccc2)CCCCC1. The van der Waals surface area contributed by atoms with Gasteiger partial charge >= 0.3 is 0 Å². The molecule has 1 saturated carbocycles. The van der Waals surface area contributed by atoms with Crippen LogP contribution in [-0.4, -0.2) is 10.7 Å². The quantitative estimate of drug-likeness (QED) is 0.790. The van der Waals surface area contributed by atoms with Gasteiger partial charge in [-0.05, 0) is 35.6 Å². The number of hydrogen-bond acceptors (Lipinski definition) is 1. The van der Waals surface area contributed by atoms with Crippen LogP contribution in [0, 0.1) is 0 Å². The summed E-state index contributed by atoms with van der Waals surface area (Å²) in [5, 5.41) is 11.2. The first-order valence-corrected chi connectivity index (χ1v) is 7.83. The van der Waals surface area contributed by atoms with Gasteiger partial charge < -0.3 is 5.11 Å². The van der Waals surface area contributed by atoms with Crippen LogP contribution in [0.3, 0.4) is 0 Å². The smallest absolute Gasteiger partial charge is 0.0902 e. The number of aliphatic hydroxyl groups is 1. The molecule has 0 aromatic heterocycles. The Kier molecular flexibility index (Phi) is 4.21. The lowest BCUT2D eigenvalue weighted by molar-refractivity contribution is 0.0620. The number of hydrogen-bond donors (Lipinski definition) is 1. The van der Waals surface area contributed by atoms with E-state index in [9.17, 15) is 5.11 Å². The third-order valence-corrected chi connectivity index (χ3v) is 4.38. The molecule has 0 saturated heterocycles. The molecule has 0 spiro atoms. The Morgan fingerprint density at radius 2 is 1.38 bits per heavy atom. The average molecular weight is 278 g/mol. The summed E-state index contributed by atoms with van der Waals surface area (Å²) in [6.45, 7) is 0. The van der Waals surface area contributed by atoms with Gasteiger partial charge in [0.05, 0.1) is 5.60 Å². The first-order chi connectivity index (χ1) is 10.3.